The smallest absolute Gasteiger partial charge is 0.164 e. The summed E-state index contributed by atoms with van der Waals surface area (Å²) in [5.41, 5.74) is 7.58. The third kappa shape index (κ3) is 5.38. The molecule has 55 heavy (non-hydrogen) atoms. The van der Waals surface area contributed by atoms with Crippen LogP contribution in [0.5, 0.6) is 0 Å². The highest BCUT2D eigenvalue weighted by atomic mass is 32.1. The molecule has 11 rings (SSSR count). The Hall–Kier alpha value is -7.01. The maximum absolute atomic E-state index is 5.01. The molecule has 0 saturated carbocycles. The number of benzene rings is 9. The number of rotatable bonds is 5. The van der Waals surface area contributed by atoms with Crippen LogP contribution >= 0.6 is 11.3 Å². The molecule has 0 bridgehead atoms. The van der Waals surface area contributed by atoms with Crippen LogP contribution in [-0.2, 0) is 0 Å². The van der Waals surface area contributed by atoms with Crippen molar-refractivity contribution in [2.75, 3.05) is 0 Å². The van der Waals surface area contributed by atoms with E-state index in [-0.39, 0.29) is 0 Å². The zero-order valence-electron chi connectivity index (χ0n) is 29.6. The molecule has 9 aromatic carbocycles. The molecular weight excluding hydrogens is 687 g/mol. The minimum absolute atomic E-state index is 0.645. The Kier molecular flexibility index (Phi) is 7.35. The van der Waals surface area contributed by atoms with Crippen molar-refractivity contribution in [3.63, 3.8) is 0 Å². The maximum Gasteiger partial charge on any atom is 0.164 e. The van der Waals surface area contributed by atoms with Gasteiger partial charge in [0.1, 0.15) is 0 Å². The van der Waals surface area contributed by atoms with Crippen LogP contribution < -0.4 is 0 Å². The van der Waals surface area contributed by atoms with Crippen LogP contribution in [-0.4, -0.2) is 15.0 Å². The normalized spacial score (nSPS) is 11.6. The first-order chi connectivity index (χ1) is 27.2. The van der Waals surface area contributed by atoms with E-state index in [0.717, 1.165) is 27.8 Å². The van der Waals surface area contributed by atoms with Gasteiger partial charge in [0, 0.05) is 36.9 Å². The van der Waals surface area contributed by atoms with Crippen molar-refractivity contribution < 1.29 is 0 Å². The van der Waals surface area contributed by atoms with Crippen LogP contribution in [0.3, 0.4) is 0 Å². The van der Waals surface area contributed by atoms with E-state index in [1.54, 1.807) is 0 Å². The van der Waals surface area contributed by atoms with Crippen molar-refractivity contribution >= 4 is 63.8 Å². The van der Waals surface area contributed by atoms with Crippen molar-refractivity contribution in [3.05, 3.63) is 188 Å². The van der Waals surface area contributed by atoms with Gasteiger partial charge in [-0.05, 0) is 84.9 Å². The van der Waals surface area contributed by atoms with E-state index in [1.165, 1.54) is 63.6 Å². The van der Waals surface area contributed by atoms with E-state index in [4.69, 9.17) is 15.0 Å². The fraction of sp³-hybridized carbons (Fsp3) is 0. The average molecular weight is 718 g/mol. The molecule has 0 unspecified atom stereocenters. The Balaban J connectivity index is 1.08. The van der Waals surface area contributed by atoms with Crippen molar-refractivity contribution in [1.82, 2.24) is 15.0 Å². The second kappa shape index (κ2) is 12.8. The van der Waals surface area contributed by atoms with E-state index in [1.807, 2.05) is 72.0 Å². The fourth-order valence-corrected chi connectivity index (χ4v) is 9.18. The van der Waals surface area contributed by atoms with Gasteiger partial charge in [0.15, 0.2) is 17.5 Å². The van der Waals surface area contributed by atoms with Crippen LogP contribution in [0, 0.1) is 0 Å². The zero-order chi connectivity index (χ0) is 36.3. The number of hydrogen-bond donors (Lipinski definition) is 0. The van der Waals surface area contributed by atoms with Gasteiger partial charge in [0.05, 0.1) is 0 Å². The topological polar surface area (TPSA) is 38.7 Å². The number of nitrogens with zero attached hydrogens (tertiary/aromatic N) is 3. The predicted octanol–water partition coefficient (Wildman–Crippen LogP) is 14.0. The molecular formula is C51H31N3S. The summed E-state index contributed by atoms with van der Waals surface area (Å²) in [4.78, 5) is 14.9. The zero-order valence-corrected chi connectivity index (χ0v) is 30.5. The van der Waals surface area contributed by atoms with Crippen LogP contribution in [0.1, 0.15) is 0 Å². The molecule has 256 valence electrons. The van der Waals surface area contributed by atoms with Crippen LogP contribution in [0.15, 0.2) is 188 Å². The van der Waals surface area contributed by atoms with Crippen molar-refractivity contribution in [2.45, 2.75) is 0 Å². The lowest BCUT2D eigenvalue weighted by molar-refractivity contribution is 1.07. The highest BCUT2D eigenvalue weighted by molar-refractivity contribution is 7.25. The van der Waals surface area contributed by atoms with Gasteiger partial charge in [0.25, 0.3) is 0 Å². The number of hydrogen-bond acceptors (Lipinski definition) is 4. The van der Waals surface area contributed by atoms with Crippen molar-refractivity contribution in [3.8, 4) is 56.4 Å². The molecule has 0 amide bonds. The van der Waals surface area contributed by atoms with Gasteiger partial charge in [0.2, 0.25) is 0 Å². The third-order valence-corrected chi connectivity index (χ3v) is 11.9. The molecule has 0 aliphatic heterocycles. The van der Waals surface area contributed by atoms with Crippen molar-refractivity contribution in [2.24, 2.45) is 0 Å². The fourth-order valence-electron chi connectivity index (χ4n) is 8.09. The van der Waals surface area contributed by atoms with E-state index in [2.05, 4.69) is 127 Å². The van der Waals surface area contributed by atoms with Gasteiger partial charge in [-0.3, -0.25) is 0 Å². The van der Waals surface area contributed by atoms with Crippen LogP contribution in [0.25, 0.3) is 109 Å². The van der Waals surface area contributed by atoms with E-state index >= 15 is 0 Å². The largest absolute Gasteiger partial charge is 0.208 e. The second-order valence-electron chi connectivity index (χ2n) is 14.0. The second-order valence-corrected chi connectivity index (χ2v) is 15.0. The standard InChI is InChI=1S/C51H31N3S/c1-3-13-32(14-4-1)49-52-50(33-15-5-2-6-16-33)54-51(53-49)37-18-11-17-34(29-37)35-25-27-43-44(30-35)40-20-8-7-19-39(40)42-23-12-22-38(48(42)43)36-26-28-47-45(31-36)41-21-9-10-24-46(41)55-47/h1-31H. The summed E-state index contributed by atoms with van der Waals surface area (Å²) in [5, 5.41) is 10.2. The lowest BCUT2D eigenvalue weighted by atomic mass is 9.88. The first-order valence-corrected chi connectivity index (χ1v) is 19.3. The molecule has 0 fully saturated rings. The first-order valence-electron chi connectivity index (χ1n) is 18.5. The monoisotopic (exact) mass is 717 g/mol. The van der Waals surface area contributed by atoms with Crippen LogP contribution in [0.4, 0.5) is 0 Å². The summed E-state index contributed by atoms with van der Waals surface area (Å²) in [6.07, 6.45) is 0. The molecule has 2 heterocycles. The van der Waals surface area contributed by atoms with Gasteiger partial charge in [-0.25, -0.2) is 15.0 Å². The summed E-state index contributed by atoms with van der Waals surface area (Å²) < 4.78 is 2.64. The molecule has 0 saturated heterocycles. The van der Waals surface area contributed by atoms with Gasteiger partial charge in [-0.2, -0.15) is 0 Å². The van der Waals surface area contributed by atoms with Gasteiger partial charge >= 0.3 is 0 Å². The Labute approximate surface area is 321 Å². The summed E-state index contributed by atoms with van der Waals surface area (Å²) in [6.45, 7) is 0. The summed E-state index contributed by atoms with van der Waals surface area (Å²) >= 11 is 1.86. The SMILES string of the molecule is c1ccc(-c2nc(-c3ccccc3)nc(-c3cccc(-c4ccc5c(c4)c4ccccc4c4cccc(-c6ccc7sc8ccccc8c7c6)c45)c3)n2)cc1. The molecule has 0 aliphatic carbocycles. The van der Waals surface area contributed by atoms with Crippen molar-refractivity contribution in [1.29, 1.82) is 0 Å². The number of fused-ring (bicyclic) bond motifs is 9. The average Bonchev–Trinajstić information content (AvgIpc) is 3.64. The minimum Gasteiger partial charge on any atom is -0.208 e. The predicted molar refractivity (Wildman–Crippen MR) is 232 cm³/mol. The van der Waals surface area contributed by atoms with Gasteiger partial charge in [-0.1, -0.05) is 158 Å². The molecule has 3 nitrogen and oxygen atoms in total. The van der Waals surface area contributed by atoms with E-state index < -0.39 is 0 Å². The lowest BCUT2D eigenvalue weighted by Gasteiger charge is -2.16. The van der Waals surface area contributed by atoms with E-state index in [9.17, 15) is 0 Å². The molecule has 0 N–H and O–H groups in total. The Morgan fingerprint density at radius 2 is 0.764 bits per heavy atom. The molecule has 0 aliphatic rings. The highest BCUT2D eigenvalue weighted by Crippen LogP contribution is 2.43. The molecule has 2 aromatic heterocycles. The van der Waals surface area contributed by atoms with Gasteiger partial charge < -0.3 is 0 Å². The highest BCUT2D eigenvalue weighted by Gasteiger charge is 2.17. The maximum atomic E-state index is 5.01. The first kappa shape index (κ1) is 31.5. The third-order valence-electron chi connectivity index (χ3n) is 10.7. The minimum atomic E-state index is 0.645. The summed E-state index contributed by atoms with van der Waals surface area (Å²) in [5.74, 6) is 1.95. The Morgan fingerprint density at radius 3 is 1.51 bits per heavy atom. The lowest BCUT2D eigenvalue weighted by Crippen LogP contribution is -2.00. The van der Waals surface area contributed by atoms with E-state index in [0.29, 0.717) is 17.5 Å². The Bertz CT molecular complexity index is 3200. The van der Waals surface area contributed by atoms with Crippen LogP contribution in [0.2, 0.25) is 0 Å². The molecule has 4 heteroatoms. The molecule has 11 aromatic rings. The number of thiophene rings is 1. The van der Waals surface area contributed by atoms with Gasteiger partial charge in [-0.15, -0.1) is 11.3 Å². The number of aromatic nitrogens is 3. The quantitative estimate of drug-likeness (QED) is 0.166. The molecule has 0 spiro atoms. The molecule has 0 atom stereocenters. The Morgan fingerprint density at radius 1 is 0.273 bits per heavy atom. The summed E-state index contributed by atoms with van der Waals surface area (Å²) in [7, 11) is 0. The summed E-state index contributed by atoms with van der Waals surface area (Å²) in [6, 6.07) is 67.1. The molecule has 0 radical (unpaired) electrons.